The zero-order valence-electron chi connectivity index (χ0n) is 17.9. The molecular formula is C25H18BrN5OS2. The number of benzene rings is 2. The van der Waals surface area contributed by atoms with Crippen molar-refractivity contribution in [1.82, 2.24) is 24.6 Å². The van der Waals surface area contributed by atoms with Gasteiger partial charge in [-0.2, -0.15) is 0 Å². The highest BCUT2D eigenvalue weighted by atomic mass is 79.9. The Morgan fingerprint density at radius 2 is 1.71 bits per heavy atom. The zero-order valence-corrected chi connectivity index (χ0v) is 21.1. The van der Waals surface area contributed by atoms with Crippen molar-refractivity contribution in [2.45, 2.75) is 13.1 Å². The lowest BCUT2D eigenvalue weighted by molar-refractivity contribution is 0.0708. The van der Waals surface area contributed by atoms with E-state index in [0.717, 1.165) is 37.9 Å². The molecule has 0 fully saturated rings. The number of halogens is 1. The van der Waals surface area contributed by atoms with Gasteiger partial charge in [0.05, 0.1) is 6.54 Å². The monoisotopic (exact) mass is 547 g/mol. The zero-order chi connectivity index (χ0) is 23.1. The van der Waals surface area contributed by atoms with Crippen LogP contribution in [-0.4, -0.2) is 37.1 Å². The van der Waals surface area contributed by atoms with Crippen molar-refractivity contribution >= 4 is 44.5 Å². The number of carbonyl (C=O) groups is 1. The first kappa shape index (κ1) is 21.4. The second-order valence-corrected chi connectivity index (χ2v) is 10.6. The van der Waals surface area contributed by atoms with Gasteiger partial charge in [-0.3, -0.25) is 4.79 Å². The summed E-state index contributed by atoms with van der Waals surface area (Å²) in [6, 6.07) is 20.1. The lowest BCUT2D eigenvalue weighted by atomic mass is 10.1. The Balaban J connectivity index is 1.19. The summed E-state index contributed by atoms with van der Waals surface area (Å²) in [5.74, 6) is 1.55. The van der Waals surface area contributed by atoms with E-state index in [1.165, 1.54) is 4.88 Å². The van der Waals surface area contributed by atoms with E-state index in [0.29, 0.717) is 25.2 Å². The van der Waals surface area contributed by atoms with Crippen LogP contribution in [0.5, 0.6) is 0 Å². The molecule has 1 amide bonds. The third-order valence-electron chi connectivity index (χ3n) is 5.80. The molecule has 6 rings (SSSR count). The van der Waals surface area contributed by atoms with Crippen molar-refractivity contribution in [3.8, 4) is 32.5 Å². The predicted molar refractivity (Wildman–Crippen MR) is 139 cm³/mol. The number of thiazole rings is 1. The van der Waals surface area contributed by atoms with Gasteiger partial charge >= 0.3 is 0 Å². The van der Waals surface area contributed by atoms with Crippen LogP contribution >= 0.6 is 38.6 Å². The van der Waals surface area contributed by atoms with E-state index >= 15 is 0 Å². The number of hydrogen-bond donors (Lipinski definition) is 0. The van der Waals surface area contributed by atoms with E-state index in [1.807, 2.05) is 64.9 Å². The van der Waals surface area contributed by atoms with E-state index in [9.17, 15) is 4.79 Å². The molecule has 9 heteroatoms. The summed E-state index contributed by atoms with van der Waals surface area (Å²) in [7, 11) is 0. The fraction of sp³-hybridized carbons (Fsp3) is 0.120. The highest BCUT2D eigenvalue weighted by molar-refractivity contribution is 9.10. The molecule has 1 aliphatic heterocycles. The highest BCUT2D eigenvalue weighted by Gasteiger charge is 2.26. The van der Waals surface area contributed by atoms with Gasteiger partial charge in [0, 0.05) is 38.9 Å². The summed E-state index contributed by atoms with van der Waals surface area (Å²) in [6.07, 6.45) is 0. The predicted octanol–water partition coefficient (Wildman–Crippen LogP) is 6.22. The van der Waals surface area contributed by atoms with Crippen LogP contribution in [0.15, 0.2) is 75.9 Å². The summed E-state index contributed by atoms with van der Waals surface area (Å²) in [6.45, 7) is 1.68. The second kappa shape index (κ2) is 8.90. The highest BCUT2D eigenvalue weighted by Crippen LogP contribution is 2.30. The first-order valence-corrected chi connectivity index (χ1v) is 13.3. The lowest BCUT2D eigenvalue weighted by Crippen LogP contribution is -2.38. The molecule has 6 nitrogen and oxygen atoms in total. The van der Waals surface area contributed by atoms with Gasteiger partial charge in [0.2, 0.25) is 0 Å². The van der Waals surface area contributed by atoms with Crippen molar-refractivity contribution in [1.29, 1.82) is 0 Å². The number of fused-ring (bicyclic) bond motifs is 1. The summed E-state index contributed by atoms with van der Waals surface area (Å²) in [5.41, 5.74) is 3.69. The number of thiophene rings is 1. The van der Waals surface area contributed by atoms with Crippen LogP contribution < -0.4 is 0 Å². The number of amides is 1. The minimum atomic E-state index is 0.0136. The number of hydrogen-bond acceptors (Lipinski definition) is 6. The van der Waals surface area contributed by atoms with Gasteiger partial charge in [-0.05, 0) is 41.3 Å². The van der Waals surface area contributed by atoms with Crippen LogP contribution in [-0.2, 0) is 13.1 Å². The lowest BCUT2D eigenvalue weighted by Gasteiger charge is -2.27. The van der Waals surface area contributed by atoms with E-state index in [-0.39, 0.29) is 5.91 Å². The van der Waals surface area contributed by atoms with Gasteiger partial charge in [-0.15, -0.1) is 32.9 Å². The van der Waals surface area contributed by atoms with Crippen LogP contribution in [0.3, 0.4) is 0 Å². The molecule has 5 aromatic rings. The van der Waals surface area contributed by atoms with Crippen LogP contribution in [0.1, 0.15) is 16.2 Å². The SMILES string of the molecule is O=C(c1ccc(-c2cccs2)cc1)N1CCn2c(nnc2-c2csc(-c3ccc(Br)cc3)n2)C1. The van der Waals surface area contributed by atoms with E-state index in [1.54, 1.807) is 22.7 Å². The molecule has 4 heterocycles. The average molecular weight is 548 g/mol. The summed E-state index contributed by atoms with van der Waals surface area (Å²) < 4.78 is 3.11. The molecule has 0 saturated carbocycles. The molecule has 1 aliphatic rings. The van der Waals surface area contributed by atoms with Gasteiger partial charge in [-0.1, -0.05) is 46.3 Å². The summed E-state index contributed by atoms with van der Waals surface area (Å²) >= 11 is 6.75. The summed E-state index contributed by atoms with van der Waals surface area (Å²) in [4.78, 5) is 21.0. The van der Waals surface area contributed by atoms with E-state index in [2.05, 4.69) is 42.1 Å². The molecule has 0 saturated heterocycles. The number of carbonyl (C=O) groups excluding carboxylic acids is 1. The van der Waals surface area contributed by atoms with Crippen LogP contribution in [0.25, 0.3) is 32.5 Å². The maximum atomic E-state index is 13.1. The topological polar surface area (TPSA) is 63.9 Å². The number of nitrogens with zero attached hydrogens (tertiary/aromatic N) is 5. The third-order valence-corrected chi connectivity index (χ3v) is 8.14. The van der Waals surface area contributed by atoms with E-state index in [4.69, 9.17) is 4.98 Å². The molecule has 2 aromatic carbocycles. The molecule has 3 aromatic heterocycles. The Labute approximate surface area is 212 Å². The molecule has 0 radical (unpaired) electrons. The molecule has 0 spiro atoms. The molecule has 0 unspecified atom stereocenters. The quantitative estimate of drug-likeness (QED) is 0.268. The maximum absolute atomic E-state index is 13.1. The third kappa shape index (κ3) is 4.00. The van der Waals surface area contributed by atoms with Gasteiger partial charge in [0.25, 0.3) is 5.91 Å². The van der Waals surface area contributed by atoms with Crippen LogP contribution in [0.4, 0.5) is 0 Å². The molecule has 168 valence electrons. The fourth-order valence-corrected chi connectivity index (χ4v) is 5.83. The normalized spacial score (nSPS) is 13.1. The van der Waals surface area contributed by atoms with Crippen molar-refractivity contribution in [2.75, 3.05) is 6.54 Å². The van der Waals surface area contributed by atoms with Gasteiger partial charge < -0.3 is 9.47 Å². The minimum absolute atomic E-state index is 0.0136. The van der Waals surface area contributed by atoms with Crippen molar-refractivity contribution < 1.29 is 4.79 Å². The number of aromatic nitrogens is 4. The van der Waals surface area contributed by atoms with Crippen LogP contribution in [0, 0.1) is 0 Å². The Kier molecular flexibility index (Phi) is 5.60. The van der Waals surface area contributed by atoms with Gasteiger partial charge in [0.1, 0.15) is 10.7 Å². The molecule has 0 bridgehead atoms. The first-order chi connectivity index (χ1) is 16.7. The molecule has 34 heavy (non-hydrogen) atoms. The first-order valence-electron chi connectivity index (χ1n) is 10.7. The number of rotatable bonds is 4. The molecule has 0 N–H and O–H groups in total. The standard InChI is InChI=1S/C25H18BrN5OS2/c26-19-9-7-17(8-10-19)24-27-20(15-34-24)23-29-28-22-14-30(11-12-31(22)23)25(32)18-5-3-16(4-6-18)21-2-1-13-33-21/h1-10,13,15H,11-12,14H2. The Morgan fingerprint density at radius 1 is 0.912 bits per heavy atom. The fourth-order valence-electron chi connectivity index (χ4n) is 4.02. The Bertz CT molecular complexity index is 1460. The Morgan fingerprint density at radius 3 is 2.47 bits per heavy atom. The molecule has 0 atom stereocenters. The Hall–Kier alpha value is -3.14. The average Bonchev–Trinajstić information content (AvgIpc) is 3.64. The molecular weight excluding hydrogens is 530 g/mol. The van der Waals surface area contributed by atoms with Crippen molar-refractivity contribution in [3.63, 3.8) is 0 Å². The second-order valence-electron chi connectivity index (χ2n) is 7.92. The minimum Gasteiger partial charge on any atom is -0.329 e. The van der Waals surface area contributed by atoms with Crippen LogP contribution in [0.2, 0.25) is 0 Å². The van der Waals surface area contributed by atoms with Gasteiger partial charge in [0.15, 0.2) is 11.6 Å². The molecule has 0 aliphatic carbocycles. The van der Waals surface area contributed by atoms with Crippen molar-refractivity contribution in [3.05, 3.63) is 87.3 Å². The summed E-state index contributed by atoms with van der Waals surface area (Å²) in [5, 5.41) is 13.8. The largest absolute Gasteiger partial charge is 0.329 e. The maximum Gasteiger partial charge on any atom is 0.254 e. The smallest absolute Gasteiger partial charge is 0.254 e. The van der Waals surface area contributed by atoms with Crippen molar-refractivity contribution in [2.24, 2.45) is 0 Å². The van der Waals surface area contributed by atoms with Gasteiger partial charge in [-0.25, -0.2) is 4.98 Å². The van der Waals surface area contributed by atoms with E-state index < -0.39 is 0 Å².